The van der Waals surface area contributed by atoms with Crippen LogP contribution in [0.4, 0.5) is 17.2 Å². The molecule has 37 heavy (non-hydrogen) atoms. The van der Waals surface area contributed by atoms with Gasteiger partial charge < -0.3 is 15.5 Å². The van der Waals surface area contributed by atoms with Crippen LogP contribution in [0.3, 0.4) is 0 Å². The Morgan fingerprint density at radius 3 is 2.68 bits per heavy atom. The number of thioether (sulfide) groups is 1. The normalized spacial score (nSPS) is 15.3. The van der Waals surface area contributed by atoms with Gasteiger partial charge in [0.25, 0.3) is 11.7 Å². The highest BCUT2D eigenvalue weighted by molar-refractivity contribution is 7.99. The second-order valence-corrected chi connectivity index (χ2v) is 10.4. The molecule has 1 unspecified atom stereocenters. The molecular weight excluding hydrogens is 578 g/mol. The van der Waals surface area contributed by atoms with E-state index in [2.05, 4.69) is 25.7 Å². The Morgan fingerprint density at radius 1 is 1.08 bits per heavy atom. The van der Waals surface area contributed by atoms with Crippen molar-refractivity contribution in [3.8, 4) is 6.07 Å². The summed E-state index contributed by atoms with van der Waals surface area (Å²) in [5, 5.41) is 21.4. The van der Waals surface area contributed by atoms with Crippen LogP contribution in [0.25, 0.3) is 5.78 Å². The maximum absolute atomic E-state index is 12.4. The number of nitrogens with one attached hydrogen (secondary N) is 2. The van der Waals surface area contributed by atoms with Crippen LogP contribution >= 0.6 is 58.2 Å². The Bertz CT molecular complexity index is 1600. The van der Waals surface area contributed by atoms with Crippen LogP contribution in [0.2, 0.25) is 20.1 Å². The summed E-state index contributed by atoms with van der Waals surface area (Å²) in [7, 11) is 0. The third-order valence-electron chi connectivity index (χ3n) is 5.21. The molecule has 3 heterocycles. The summed E-state index contributed by atoms with van der Waals surface area (Å²) in [5.74, 6) is 0.886. The van der Waals surface area contributed by atoms with E-state index in [1.54, 1.807) is 45.8 Å². The lowest BCUT2D eigenvalue weighted by Crippen LogP contribution is -2.48. The van der Waals surface area contributed by atoms with E-state index in [1.165, 1.54) is 24.3 Å². The summed E-state index contributed by atoms with van der Waals surface area (Å²) in [6.45, 7) is 0. The number of amides is 1. The highest BCUT2D eigenvalue weighted by Gasteiger charge is 2.29. The molecule has 1 atom stereocenters. The maximum atomic E-state index is 12.4. The van der Waals surface area contributed by atoms with Crippen molar-refractivity contribution in [3.05, 3.63) is 86.3 Å². The Balaban J connectivity index is 1.43. The van der Waals surface area contributed by atoms with Crippen molar-refractivity contribution in [1.82, 2.24) is 24.9 Å². The van der Waals surface area contributed by atoms with E-state index in [4.69, 9.17) is 46.4 Å². The fraction of sp³-hybridized carbons (Fsp3) is 0.0870. The second-order valence-electron chi connectivity index (χ2n) is 7.65. The number of halogens is 4. The summed E-state index contributed by atoms with van der Waals surface area (Å²) in [4.78, 5) is 22.9. The summed E-state index contributed by atoms with van der Waals surface area (Å²) in [5.41, 5.74) is 1.33. The average molecular weight is 592 g/mol. The van der Waals surface area contributed by atoms with Gasteiger partial charge in [-0.2, -0.15) is 19.9 Å². The number of aromatic nitrogens is 4. The lowest BCUT2D eigenvalue weighted by Gasteiger charge is -2.34. The predicted octanol–water partition coefficient (Wildman–Crippen LogP) is 6.04. The molecule has 0 radical (unpaired) electrons. The van der Waals surface area contributed by atoms with Crippen molar-refractivity contribution in [2.45, 2.75) is 11.3 Å². The van der Waals surface area contributed by atoms with Gasteiger partial charge in [-0.3, -0.25) is 4.79 Å². The number of nitriles is 1. The molecule has 0 saturated carbocycles. The Morgan fingerprint density at radius 2 is 1.92 bits per heavy atom. The first-order valence-electron chi connectivity index (χ1n) is 10.5. The van der Waals surface area contributed by atoms with Crippen molar-refractivity contribution >= 4 is 87.0 Å². The average Bonchev–Trinajstić information content (AvgIpc) is 3.34. The summed E-state index contributed by atoms with van der Waals surface area (Å²) in [6, 6.07) is 13.9. The summed E-state index contributed by atoms with van der Waals surface area (Å²) >= 11 is 26.0. The Labute approximate surface area is 235 Å². The molecular formula is C23H14Cl4N8OS. The maximum Gasteiger partial charge on any atom is 0.265 e. The van der Waals surface area contributed by atoms with Crippen molar-refractivity contribution in [2.75, 3.05) is 10.2 Å². The summed E-state index contributed by atoms with van der Waals surface area (Å²) < 4.78 is 1.56. The number of fused-ring (bicyclic) bond motifs is 1. The van der Waals surface area contributed by atoms with Crippen LogP contribution in [0.5, 0.6) is 0 Å². The van der Waals surface area contributed by atoms with Gasteiger partial charge in [-0.15, -0.1) is 11.8 Å². The molecule has 4 aromatic rings. The largest absolute Gasteiger partial charge is 0.340 e. The van der Waals surface area contributed by atoms with E-state index < -0.39 is 11.4 Å². The minimum Gasteiger partial charge on any atom is -0.340 e. The van der Waals surface area contributed by atoms with Crippen LogP contribution in [-0.4, -0.2) is 31.0 Å². The van der Waals surface area contributed by atoms with E-state index in [-0.39, 0.29) is 5.57 Å². The fourth-order valence-corrected chi connectivity index (χ4v) is 5.33. The van der Waals surface area contributed by atoms with Gasteiger partial charge in [0.2, 0.25) is 0 Å². The molecule has 1 aliphatic rings. The van der Waals surface area contributed by atoms with Gasteiger partial charge in [0.05, 0.1) is 26.4 Å². The number of rotatable bonds is 6. The zero-order valence-electron chi connectivity index (χ0n) is 18.5. The molecule has 0 aliphatic carbocycles. The number of hydrogen-bond donors (Lipinski definition) is 2. The first kappa shape index (κ1) is 25.4. The number of benzene rings is 2. The van der Waals surface area contributed by atoms with Crippen molar-refractivity contribution in [3.63, 3.8) is 0 Å². The van der Waals surface area contributed by atoms with Gasteiger partial charge in [-0.1, -0.05) is 46.4 Å². The van der Waals surface area contributed by atoms with Crippen LogP contribution < -0.4 is 15.5 Å². The zero-order chi connectivity index (χ0) is 26.1. The monoisotopic (exact) mass is 590 g/mol. The van der Waals surface area contributed by atoms with E-state index in [0.717, 1.165) is 0 Å². The van der Waals surface area contributed by atoms with E-state index in [1.807, 2.05) is 12.1 Å². The third kappa shape index (κ3) is 5.42. The molecule has 2 N–H and O–H groups in total. The van der Waals surface area contributed by atoms with Crippen molar-refractivity contribution in [2.24, 2.45) is 0 Å². The molecule has 0 bridgehead atoms. The molecule has 2 aromatic carbocycles. The van der Waals surface area contributed by atoms with Gasteiger partial charge in [-0.05, 0) is 36.4 Å². The van der Waals surface area contributed by atoms with E-state index in [9.17, 15) is 10.1 Å². The first-order valence-corrected chi connectivity index (χ1v) is 13.1. The molecule has 1 amide bonds. The minimum absolute atomic E-state index is 0.0426. The minimum atomic E-state index is -0.578. The number of nitrogens with zero attached hydrogens (tertiary/aromatic N) is 6. The van der Waals surface area contributed by atoms with Crippen LogP contribution in [0.15, 0.2) is 60.6 Å². The zero-order valence-corrected chi connectivity index (χ0v) is 22.3. The number of anilines is 3. The number of carbonyl (C=O) groups excluding carboxylic acids is 1. The van der Waals surface area contributed by atoms with Gasteiger partial charge >= 0.3 is 0 Å². The van der Waals surface area contributed by atoms with Gasteiger partial charge in [0.1, 0.15) is 23.8 Å². The molecule has 1 aliphatic heterocycles. The molecule has 0 saturated heterocycles. The standard InChI is InChI=1S/C23H14Cl4N8OS/c24-13-1-4-19(18(27)5-13)34-9-12(8-28)21(36)33-23(34)37-10-15-7-20(35-22(32-15)29-11-30-35)31-14-2-3-16(25)17(26)6-14/h1-7,9,11,23,31H,10H2,(H,33,36). The van der Waals surface area contributed by atoms with Crippen LogP contribution in [0, 0.1) is 11.3 Å². The molecule has 14 heteroatoms. The Kier molecular flexibility index (Phi) is 7.33. The molecule has 9 nitrogen and oxygen atoms in total. The van der Waals surface area contributed by atoms with E-state index >= 15 is 0 Å². The van der Waals surface area contributed by atoms with Crippen LogP contribution in [0.1, 0.15) is 5.69 Å². The third-order valence-corrected chi connectivity index (χ3v) is 7.61. The second kappa shape index (κ2) is 10.7. The highest BCUT2D eigenvalue weighted by Crippen LogP contribution is 2.35. The quantitative estimate of drug-likeness (QED) is 0.279. The predicted molar refractivity (Wildman–Crippen MR) is 146 cm³/mol. The fourth-order valence-electron chi connectivity index (χ4n) is 3.52. The molecule has 2 aromatic heterocycles. The van der Waals surface area contributed by atoms with Crippen molar-refractivity contribution in [1.29, 1.82) is 5.26 Å². The topological polar surface area (TPSA) is 111 Å². The van der Waals surface area contributed by atoms with Crippen molar-refractivity contribution < 1.29 is 4.79 Å². The van der Waals surface area contributed by atoms with Gasteiger partial charge in [0.15, 0.2) is 5.50 Å². The van der Waals surface area contributed by atoms with E-state index in [0.29, 0.717) is 54.5 Å². The summed E-state index contributed by atoms with van der Waals surface area (Å²) in [6.07, 6.45) is 2.87. The number of carbonyl (C=O) groups is 1. The lowest BCUT2D eigenvalue weighted by atomic mass is 10.2. The Hall–Kier alpha value is -3.20. The molecule has 5 rings (SSSR count). The van der Waals surface area contributed by atoms with Crippen LogP contribution in [-0.2, 0) is 10.5 Å². The van der Waals surface area contributed by atoms with Gasteiger partial charge in [-0.25, -0.2) is 4.98 Å². The first-order chi connectivity index (χ1) is 17.8. The molecule has 186 valence electrons. The SMILES string of the molecule is N#CC1=CN(c2ccc(Cl)cc2Cl)C(SCc2cc(Nc3ccc(Cl)c(Cl)c3)n3ncnc3n2)NC1=O. The lowest BCUT2D eigenvalue weighted by molar-refractivity contribution is -0.117. The van der Waals surface area contributed by atoms with Gasteiger partial charge in [0, 0.05) is 28.7 Å². The smallest absolute Gasteiger partial charge is 0.265 e. The number of hydrogen-bond acceptors (Lipinski definition) is 8. The highest BCUT2D eigenvalue weighted by atomic mass is 35.5. The molecule has 0 fully saturated rings. The molecule has 0 spiro atoms.